The third-order valence-corrected chi connectivity index (χ3v) is 11.4. The molecule has 0 spiro atoms. The largest absolute Gasteiger partial charge is 0.445 e. The molecule has 1 heterocycles. The Hall–Kier alpha value is -3.25. The van der Waals surface area contributed by atoms with Crippen LogP contribution in [-0.2, 0) is 36.1 Å². The minimum absolute atomic E-state index is 0.0854. The van der Waals surface area contributed by atoms with Crippen molar-refractivity contribution in [3.63, 3.8) is 0 Å². The van der Waals surface area contributed by atoms with Crippen molar-refractivity contribution in [1.29, 1.82) is 0 Å². The van der Waals surface area contributed by atoms with Gasteiger partial charge in [0, 0.05) is 19.7 Å². The summed E-state index contributed by atoms with van der Waals surface area (Å²) in [6.07, 6.45) is 1.06. The second kappa shape index (κ2) is 13.8. The summed E-state index contributed by atoms with van der Waals surface area (Å²) < 4.78 is 65.7. The summed E-state index contributed by atoms with van der Waals surface area (Å²) in [7, 11) is -8.64. The molecule has 1 amide bonds. The average molecular weight is 615 g/mol. The second-order valence-corrected chi connectivity index (χ2v) is 15.1. The van der Waals surface area contributed by atoms with Crippen molar-refractivity contribution in [3.8, 4) is 0 Å². The Morgan fingerprint density at radius 2 is 1.36 bits per heavy atom. The fourth-order valence-electron chi connectivity index (χ4n) is 5.02. The first kappa shape index (κ1) is 31.7. The summed E-state index contributed by atoms with van der Waals surface area (Å²) in [5, 5.41) is 0. The van der Waals surface area contributed by atoms with Crippen molar-refractivity contribution >= 4 is 26.1 Å². The normalized spacial score (nSPS) is 16.9. The maximum atomic E-state index is 13.4. The number of likely N-dealkylation sites (tertiary alicyclic amines) is 1. The monoisotopic (exact) mass is 614 g/mol. The number of carbonyl (C=O) groups is 1. The van der Waals surface area contributed by atoms with E-state index in [9.17, 15) is 21.6 Å². The van der Waals surface area contributed by atoms with E-state index < -0.39 is 20.0 Å². The van der Waals surface area contributed by atoms with Crippen molar-refractivity contribution in [3.05, 3.63) is 96.6 Å². The fourth-order valence-corrected chi connectivity index (χ4v) is 8.78. The van der Waals surface area contributed by atoms with Crippen molar-refractivity contribution in [2.45, 2.75) is 55.5 Å². The molecule has 0 aliphatic carbocycles. The standard InChI is InChI=1S/C31H38N2O7S2/c1-31(2)22-27(32(25-31)30(34)40-23-26-14-6-3-7-15-26)24-39-21-13-12-20-33(41(35,36)28-16-8-4-9-17-28)42(37,38)29-18-10-5-11-19-29/h3-11,14-19,27H,12-13,20-25H2,1-2H3. The highest BCUT2D eigenvalue weighted by atomic mass is 32.3. The van der Waals surface area contributed by atoms with Crippen LogP contribution in [0.25, 0.3) is 0 Å². The molecule has 3 aromatic carbocycles. The molecule has 9 nitrogen and oxygen atoms in total. The molecule has 1 aliphatic heterocycles. The van der Waals surface area contributed by atoms with Gasteiger partial charge in [-0.1, -0.05) is 84.3 Å². The molecule has 0 bridgehead atoms. The number of benzene rings is 3. The third-order valence-electron chi connectivity index (χ3n) is 7.07. The Labute approximate surface area is 249 Å². The minimum Gasteiger partial charge on any atom is -0.445 e. The molecule has 4 rings (SSSR count). The zero-order chi connectivity index (χ0) is 30.2. The van der Waals surface area contributed by atoms with E-state index in [1.807, 2.05) is 30.3 Å². The maximum Gasteiger partial charge on any atom is 0.410 e. The summed E-state index contributed by atoms with van der Waals surface area (Å²) in [4.78, 5) is 14.4. The molecule has 42 heavy (non-hydrogen) atoms. The van der Waals surface area contributed by atoms with Crippen molar-refractivity contribution in [2.24, 2.45) is 5.41 Å². The van der Waals surface area contributed by atoms with E-state index in [4.69, 9.17) is 9.47 Å². The Balaban J connectivity index is 1.33. The maximum absolute atomic E-state index is 13.4. The van der Waals surface area contributed by atoms with Gasteiger partial charge < -0.3 is 14.4 Å². The molecule has 0 aromatic heterocycles. The summed E-state index contributed by atoms with van der Waals surface area (Å²) >= 11 is 0. The van der Waals surface area contributed by atoms with Crippen LogP contribution in [0.1, 0.15) is 38.7 Å². The lowest BCUT2D eigenvalue weighted by Gasteiger charge is -2.24. The van der Waals surface area contributed by atoms with Crippen LogP contribution in [0, 0.1) is 5.41 Å². The van der Waals surface area contributed by atoms with Crippen LogP contribution in [0.5, 0.6) is 0 Å². The molecule has 0 saturated carbocycles. The first-order valence-corrected chi connectivity index (χ1v) is 16.8. The zero-order valence-electron chi connectivity index (χ0n) is 24.0. The van der Waals surface area contributed by atoms with E-state index in [0.717, 1.165) is 12.0 Å². The molecule has 1 aliphatic rings. The predicted octanol–water partition coefficient (Wildman–Crippen LogP) is 5.30. The summed E-state index contributed by atoms with van der Waals surface area (Å²) in [5.74, 6) is 0. The Morgan fingerprint density at radius 1 is 0.833 bits per heavy atom. The number of nitrogens with zero attached hydrogens (tertiary/aromatic N) is 2. The molecule has 1 saturated heterocycles. The molecule has 11 heteroatoms. The van der Waals surface area contributed by atoms with E-state index in [2.05, 4.69) is 13.8 Å². The van der Waals surface area contributed by atoms with Crippen LogP contribution < -0.4 is 0 Å². The number of carbonyl (C=O) groups excluding carboxylic acids is 1. The molecule has 1 fully saturated rings. The van der Waals surface area contributed by atoms with Gasteiger partial charge in [0.05, 0.1) is 22.4 Å². The number of rotatable bonds is 13. The smallest absolute Gasteiger partial charge is 0.410 e. The van der Waals surface area contributed by atoms with E-state index in [1.54, 1.807) is 41.3 Å². The summed E-state index contributed by atoms with van der Waals surface area (Å²) in [6.45, 7) is 5.30. The lowest BCUT2D eigenvalue weighted by molar-refractivity contribution is 0.0537. The topological polar surface area (TPSA) is 110 Å². The molecule has 1 unspecified atom stereocenters. The fraction of sp³-hybridized carbons (Fsp3) is 0.387. The van der Waals surface area contributed by atoms with Crippen LogP contribution in [-0.4, -0.2) is 63.9 Å². The van der Waals surface area contributed by atoms with Crippen LogP contribution in [0.3, 0.4) is 0 Å². The second-order valence-electron chi connectivity index (χ2n) is 11.1. The highest BCUT2D eigenvalue weighted by molar-refractivity contribution is 8.04. The van der Waals surface area contributed by atoms with Gasteiger partial charge in [0.15, 0.2) is 0 Å². The molecular formula is C31H38N2O7S2. The van der Waals surface area contributed by atoms with Gasteiger partial charge in [-0.3, -0.25) is 0 Å². The molecule has 0 radical (unpaired) electrons. The van der Waals surface area contributed by atoms with Gasteiger partial charge in [-0.2, -0.15) is 0 Å². The number of ether oxygens (including phenoxy) is 2. The minimum atomic E-state index is -4.32. The van der Waals surface area contributed by atoms with Gasteiger partial charge in [-0.25, -0.2) is 21.6 Å². The lowest BCUT2D eigenvalue weighted by atomic mass is 9.91. The molecule has 3 aromatic rings. The van der Waals surface area contributed by atoms with E-state index >= 15 is 0 Å². The average Bonchev–Trinajstić information content (AvgIpc) is 3.30. The Morgan fingerprint density at radius 3 is 1.90 bits per heavy atom. The number of unbranched alkanes of at least 4 members (excludes halogenated alkanes) is 1. The van der Waals surface area contributed by atoms with Gasteiger partial charge in [-0.15, -0.1) is 0 Å². The molecule has 226 valence electrons. The lowest BCUT2D eigenvalue weighted by Crippen LogP contribution is -2.39. The van der Waals surface area contributed by atoms with Gasteiger partial charge in [0.1, 0.15) is 6.61 Å². The van der Waals surface area contributed by atoms with Gasteiger partial charge in [0.2, 0.25) is 0 Å². The van der Waals surface area contributed by atoms with Gasteiger partial charge >= 0.3 is 6.09 Å². The summed E-state index contributed by atoms with van der Waals surface area (Å²) in [6, 6.07) is 24.4. The Kier molecular flexibility index (Phi) is 10.4. The predicted molar refractivity (Wildman–Crippen MR) is 160 cm³/mol. The molecule has 0 N–H and O–H groups in total. The summed E-state index contributed by atoms with van der Waals surface area (Å²) in [5.41, 5.74) is 0.826. The number of sulfonamides is 2. The first-order chi connectivity index (χ1) is 20.0. The molecule has 1 atom stereocenters. The van der Waals surface area contributed by atoms with Crippen LogP contribution in [0.2, 0.25) is 0 Å². The zero-order valence-corrected chi connectivity index (χ0v) is 25.6. The highest BCUT2D eigenvalue weighted by Crippen LogP contribution is 2.34. The highest BCUT2D eigenvalue weighted by Gasteiger charge is 2.41. The Bertz CT molecular complexity index is 1450. The van der Waals surface area contributed by atoms with E-state index in [-0.39, 0.29) is 53.5 Å². The van der Waals surface area contributed by atoms with E-state index in [1.165, 1.54) is 24.3 Å². The van der Waals surface area contributed by atoms with Crippen molar-refractivity contribution < 1.29 is 31.1 Å². The SMILES string of the molecule is CC1(C)CC(COCCCCN(S(=O)(=O)c2ccccc2)S(=O)(=O)c2ccccc2)N(C(=O)OCc2ccccc2)C1. The van der Waals surface area contributed by atoms with Crippen molar-refractivity contribution in [1.82, 2.24) is 8.61 Å². The number of amides is 1. The number of hydrogen-bond acceptors (Lipinski definition) is 7. The van der Waals surface area contributed by atoms with Crippen LogP contribution in [0.4, 0.5) is 4.79 Å². The van der Waals surface area contributed by atoms with Crippen molar-refractivity contribution in [2.75, 3.05) is 26.3 Å². The third kappa shape index (κ3) is 7.97. The van der Waals surface area contributed by atoms with E-state index in [0.29, 0.717) is 23.3 Å². The quantitative estimate of drug-likeness (QED) is 0.240. The van der Waals surface area contributed by atoms with Crippen LogP contribution >= 0.6 is 0 Å². The molecular weight excluding hydrogens is 576 g/mol. The number of hydrogen-bond donors (Lipinski definition) is 0. The first-order valence-electron chi connectivity index (χ1n) is 13.9. The van der Waals surface area contributed by atoms with Gasteiger partial charge in [-0.05, 0) is 54.5 Å². The van der Waals surface area contributed by atoms with Gasteiger partial charge in [0.25, 0.3) is 20.0 Å². The van der Waals surface area contributed by atoms with Crippen LogP contribution in [0.15, 0.2) is 101 Å².